The van der Waals surface area contributed by atoms with Crippen LogP contribution in [0.1, 0.15) is 10.4 Å². The predicted molar refractivity (Wildman–Crippen MR) is 113 cm³/mol. The Morgan fingerprint density at radius 1 is 0.690 bits per heavy atom. The van der Waals surface area contributed by atoms with Crippen LogP contribution in [0.5, 0.6) is 11.5 Å². The van der Waals surface area contributed by atoms with Crippen LogP contribution in [0.4, 0.5) is 17.1 Å². The zero-order chi connectivity index (χ0) is 19.9. The number of carbonyl (C=O) groups excluding carboxylic acids is 1. The van der Waals surface area contributed by atoms with Gasteiger partial charge in [-0.1, -0.05) is 6.07 Å². The van der Waals surface area contributed by atoms with Gasteiger partial charge in [0.2, 0.25) is 0 Å². The smallest absolute Gasteiger partial charge is 0.255 e. The summed E-state index contributed by atoms with van der Waals surface area (Å²) in [5.74, 6) is 1.19. The maximum atomic E-state index is 12.6. The Morgan fingerprint density at radius 3 is 2.07 bits per heavy atom. The summed E-state index contributed by atoms with van der Waals surface area (Å²) < 4.78 is 5.73. The second kappa shape index (κ2) is 8.67. The van der Waals surface area contributed by atoms with Gasteiger partial charge in [-0.15, -0.1) is 0 Å². The highest BCUT2D eigenvalue weighted by molar-refractivity contribution is 6.04. The molecule has 0 bridgehead atoms. The molecule has 6 heteroatoms. The van der Waals surface area contributed by atoms with Crippen LogP contribution in [-0.4, -0.2) is 15.9 Å². The third kappa shape index (κ3) is 4.95. The number of rotatable bonds is 6. The van der Waals surface area contributed by atoms with Crippen LogP contribution < -0.4 is 15.4 Å². The van der Waals surface area contributed by atoms with Gasteiger partial charge in [0.05, 0.1) is 0 Å². The maximum absolute atomic E-state index is 12.6. The third-order valence-corrected chi connectivity index (χ3v) is 4.09. The molecule has 2 N–H and O–H groups in total. The lowest BCUT2D eigenvalue weighted by Crippen LogP contribution is -2.12. The molecule has 0 unspecified atom stereocenters. The van der Waals surface area contributed by atoms with E-state index in [1.54, 1.807) is 73.3 Å². The number of hydrogen-bond acceptors (Lipinski definition) is 5. The molecule has 1 amide bonds. The van der Waals surface area contributed by atoms with Crippen molar-refractivity contribution in [3.63, 3.8) is 0 Å². The molecule has 0 aliphatic rings. The molecule has 0 aliphatic heterocycles. The molecule has 2 aromatic carbocycles. The highest BCUT2D eigenvalue weighted by atomic mass is 16.5. The number of pyridine rings is 2. The van der Waals surface area contributed by atoms with Gasteiger partial charge in [0.15, 0.2) is 0 Å². The van der Waals surface area contributed by atoms with Crippen LogP contribution >= 0.6 is 0 Å². The molecular weight excluding hydrogens is 364 g/mol. The molecule has 4 aromatic rings. The first-order valence-corrected chi connectivity index (χ1v) is 9.03. The van der Waals surface area contributed by atoms with Crippen LogP contribution in [-0.2, 0) is 0 Å². The second-order valence-corrected chi connectivity index (χ2v) is 6.21. The van der Waals surface area contributed by atoms with Crippen LogP contribution in [0.3, 0.4) is 0 Å². The van der Waals surface area contributed by atoms with E-state index in [4.69, 9.17) is 4.74 Å². The Bertz CT molecular complexity index is 1080. The fourth-order valence-corrected chi connectivity index (χ4v) is 2.69. The quantitative estimate of drug-likeness (QED) is 0.475. The molecule has 4 rings (SSSR count). The average molecular weight is 382 g/mol. The number of anilines is 3. The van der Waals surface area contributed by atoms with E-state index < -0.39 is 0 Å². The summed E-state index contributed by atoms with van der Waals surface area (Å²) in [4.78, 5) is 20.6. The van der Waals surface area contributed by atoms with E-state index in [0.717, 1.165) is 11.4 Å². The van der Waals surface area contributed by atoms with Crippen molar-refractivity contribution in [3.05, 3.63) is 103 Å². The summed E-state index contributed by atoms with van der Waals surface area (Å²) in [7, 11) is 0. The van der Waals surface area contributed by atoms with Crippen molar-refractivity contribution in [1.82, 2.24) is 9.97 Å². The van der Waals surface area contributed by atoms with E-state index in [1.807, 2.05) is 24.3 Å². The van der Waals surface area contributed by atoms with Crippen molar-refractivity contribution >= 4 is 23.0 Å². The molecule has 2 heterocycles. The molecule has 142 valence electrons. The second-order valence-electron chi connectivity index (χ2n) is 6.21. The van der Waals surface area contributed by atoms with Crippen molar-refractivity contribution in [2.45, 2.75) is 0 Å². The molecule has 6 nitrogen and oxygen atoms in total. The lowest BCUT2D eigenvalue weighted by molar-refractivity contribution is 0.102. The molecule has 0 atom stereocenters. The summed E-state index contributed by atoms with van der Waals surface area (Å²) in [5, 5.41) is 6.15. The Hall–Kier alpha value is -4.19. The number of benzene rings is 2. The van der Waals surface area contributed by atoms with Gasteiger partial charge in [0, 0.05) is 47.4 Å². The predicted octanol–water partition coefficient (Wildman–Crippen LogP) is 5.26. The minimum Gasteiger partial charge on any atom is -0.457 e. The third-order valence-electron chi connectivity index (χ3n) is 4.09. The van der Waals surface area contributed by atoms with Crippen molar-refractivity contribution in [2.75, 3.05) is 10.6 Å². The van der Waals surface area contributed by atoms with Crippen molar-refractivity contribution in [1.29, 1.82) is 0 Å². The van der Waals surface area contributed by atoms with E-state index >= 15 is 0 Å². The molecule has 29 heavy (non-hydrogen) atoms. The van der Waals surface area contributed by atoms with Crippen LogP contribution in [0.15, 0.2) is 97.6 Å². The fourth-order valence-electron chi connectivity index (χ4n) is 2.69. The SMILES string of the molecule is O=C(Nc1ccc(Oc2ccncc2)cc1)c1cccc(Nc2ccncc2)c1. The Morgan fingerprint density at radius 2 is 1.34 bits per heavy atom. The maximum Gasteiger partial charge on any atom is 0.255 e. The number of nitrogens with zero attached hydrogens (tertiary/aromatic N) is 2. The van der Waals surface area contributed by atoms with Gasteiger partial charge in [0.1, 0.15) is 11.5 Å². The molecule has 0 saturated carbocycles. The normalized spacial score (nSPS) is 10.2. The fraction of sp³-hybridized carbons (Fsp3) is 0. The van der Waals surface area contributed by atoms with Crippen LogP contribution in [0.2, 0.25) is 0 Å². The van der Waals surface area contributed by atoms with E-state index in [-0.39, 0.29) is 5.91 Å². The number of hydrogen-bond donors (Lipinski definition) is 2. The lowest BCUT2D eigenvalue weighted by Gasteiger charge is -2.10. The van der Waals surface area contributed by atoms with Crippen molar-refractivity contribution in [3.8, 4) is 11.5 Å². The first-order valence-electron chi connectivity index (χ1n) is 9.03. The van der Waals surface area contributed by atoms with Gasteiger partial charge in [-0.25, -0.2) is 0 Å². The van der Waals surface area contributed by atoms with Crippen LogP contribution in [0, 0.1) is 0 Å². The lowest BCUT2D eigenvalue weighted by atomic mass is 10.1. The molecule has 0 fully saturated rings. The number of carbonyl (C=O) groups is 1. The van der Waals surface area contributed by atoms with Gasteiger partial charge in [-0.05, 0) is 66.7 Å². The molecule has 0 saturated heterocycles. The molecule has 0 spiro atoms. The summed E-state index contributed by atoms with van der Waals surface area (Å²) in [6.45, 7) is 0. The van der Waals surface area contributed by atoms with E-state index in [9.17, 15) is 4.79 Å². The van der Waals surface area contributed by atoms with Gasteiger partial charge in [0.25, 0.3) is 5.91 Å². The topological polar surface area (TPSA) is 76.1 Å². The molecule has 0 aliphatic carbocycles. The van der Waals surface area contributed by atoms with Gasteiger partial charge in [-0.2, -0.15) is 0 Å². The summed E-state index contributed by atoms with van der Waals surface area (Å²) in [5.41, 5.74) is 2.97. The standard InChI is InChI=1S/C23H18N4O2/c28-23(17-2-1-3-20(16-17)26-19-8-12-24-13-9-19)27-18-4-6-21(7-5-18)29-22-10-14-25-15-11-22/h1-16H,(H,24,26)(H,27,28). The number of ether oxygens (including phenoxy) is 1. The first kappa shape index (κ1) is 18.2. The van der Waals surface area contributed by atoms with Crippen molar-refractivity contribution in [2.24, 2.45) is 0 Å². The molecule has 0 radical (unpaired) electrons. The Labute approximate surface area is 168 Å². The first-order chi connectivity index (χ1) is 14.3. The largest absolute Gasteiger partial charge is 0.457 e. The van der Waals surface area contributed by atoms with Gasteiger partial charge < -0.3 is 15.4 Å². The minimum absolute atomic E-state index is 0.189. The zero-order valence-electron chi connectivity index (χ0n) is 15.4. The summed E-state index contributed by atoms with van der Waals surface area (Å²) >= 11 is 0. The van der Waals surface area contributed by atoms with Gasteiger partial charge in [-0.3, -0.25) is 14.8 Å². The number of amides is 1. The monoisotopic (exact) mass is 382 g/mol. The van der Waals surface area contributed by atoms with Crippen LogP contribution in [0.25, 0.3) is 0 Å². The summed E-state index contributed by atoms with van der Waals surface area (Å²) in [6, 6.07) is 21.8. The number of aromatic nitrogens is 2. The Balaban J connectivity index is 1.40. The van der Waals surface area contributed by atoms with Crippen molar-refractivity contribution < 1.29 is 9.53 Å². The zero-order valence-corrected chi connectivity index (χ0v) is 15.4. The van der Waals surface area contributed by atoms with Gasteiger partial charge >= 0.3 is 0 Å². The van der Waals surface area contributed by atoms with E-state index in [1.165, 1.54) is 0 Å². The summed E-state index contributed by atoms with van der Waals surface area (Å²) in [6.07, 6.45) is 6.76. The molecule has 2 aromatic heterocycles. The van der Waals surface area contributed by atoms with E-state index in [2.05, 4.69) is 20.6 Å². The highest BCUT2D eigenvalue weighted by Gasteiger charge is 2.07. The average Bonchev–Trinajstić information content (AvgIpc) is 2.77. The minimum atomic E-state index is -0.189. The Kier molecular flexibility index (Phi) is 5.43. The molecular formula is C23H18N4O2. The number of nitrogens with one attached hydrogen (secondary N) is 2. The van der Waals surface area contributed by atoms with E-state index in [0.29, 0.717) is 22.7 Å². The highest BCUT2D eigenvalue weighted by Crippen LogP contribution is 2.23.